The summed E-state index contributed by atoms with van der Waals surface area (Å²) >= 11 is 0. The highest BCUT2D eigenvalue weighted by molar-refractivity contribution is 7.89. The molecule has 2 aromatic rings. The second kappa shape index (κ2) is 9.65. The Morgan fingerprint density at radius 3 is 2.31 bits per heavy atom. The van der Waals surface area contributed by atoms with Gasteiger partial charge in [-0.2, -0.15) is 0 Å². The highest BCUT2D eigenvalue weighted by atomic mass is 32.2. The molecule has 0 heterocycles. The maximum Gasteiger partial charge on any atom is 0.241 e. The van der Waals surface area contributed by atoms with E-state index in [1.165, 1.54) is 0 Å². The third-order valence-electron chi connectivity index (χ3n) is 5.64. The van der Waals surface area contributed by atoms with E-state index in [0.29, 0.717) is 12.8 Å². The van der Waals surface area contributed by atoms with Gasteiger partial charge in [-0.1, -0.05) is 60.9 Å². The van der Waals surface area contributed by atoms with Crippen molar-refractivity contribution in [3.05, 3.63) is 65.7 Å². The molecule has 0 amide bonds. The first-order valence-electron chi connectivity index (χ1n) is 10.1. The van der Waals surface area contributed by atoms with Crippen molar-refractivity contribution in [1.29, 1.82) is 0 Å². The van der Waals surface area contributed by atoms with Gasteiger partial charge in [-0.05, 0) is 37.5 Å². The van der Waals surface area contributed by atoms with Crippen molar-refractivity contribution < 1.29 is 17.9 Å². The number of aryl methyl sites for hydroxylation is 1. The second-order valence-electron chi connectivity index (χ2n) is 7.74. The van der Waals surface area contributed by atoms with E-state index in [1.807, 2.05) is 37.3 Å². The van der Waals surface area contributed by atoms with E-state index in [-0.39, 0.29) is 16.8 Å². The molecule has 0 spiro atoms. The highest BCUT2D eigenvalue weighted by Crippen LogP contribution is 2.33. The summed E-state index contributed by atoms with van der Waals surface area (Å²) in [6.45, 7) is 1.91. The fraction of sp³-hybridized carbons (Fsp3) is 0.435. The molecule has 0 aliphatic heterocycles. The molecule has 0 bridgehead atoms. The van der Waals surface area contributed by atoms with Gasteiger partial charge in [-0.3, -0.25) is 4.79 Å². The van der Waals surface area contributed by atoms with Crippen LogP contribution in [0, 0.1) is 12.8 Å². The van der Waals surface area contributed by atoms with Crippen molar-refractivity contribution in [2.45, 2.75) is 56.1 Å². The summed E-state index contributed by atoms with van der Waals surface area (Å²) < 4.78 is 34.5. The molecule has 5 nitrogen and oxygen atoms in total. The van der Waals surface area contributed by atoms with Gasteiger partial charge in [-0.25, -0.2) is 13.1 Å². The number of hydrogen-bond acceptors (Lipinski definition) is 4. The number of carbonyl (C=O) groups excluding carboxylic acids is 1. The fourth-order valence-electron chi connectivity index (χ4n) is 3.92. The lowest BCUT2D eigenvalue weighted by atomic mass is 9.81. The summed E-state index contributed by atoms with van der Waals surface area (Å²) in [4.78, 5) is 13.3. The Morgan fingerprint density at radius 1 is 1.00 bits per heavy atom. The smallest absolute Gasteiger partial charge is 0.241 e. The van der Waals surface area contributed by atoms with Crippen molar-refractivity contribution in [2.75, 3.05) is 7.11 Å². The average Bonchev–Trinajstić information content (AvgIpc) is 2.70. The number of ketones is 1. The number of Topliss-reactive ketones (excluding diaryl/α,β-unsaturated/α-hetero) is 1. The molecular weight excluding hydrogens is 386 g/mol. The molecule has 0 radical (unpaired) electrons. The molecule has 0 saturated heterocycles. The van der Waals surface area contributed by atoms with E-state index in [4.69, 9.17) is 4.74 Å². The van der Waals surface area contributed by atoms with Gasteiger partial charge in [0.15, 0.2) is 0 Å². The number of carbonyl (C=O) groups is 1. The third kappa shape index (κ3) is 5.53. The Morgan fingerprint density at radius 2 is 1.66 bits per heavy atom. The molecule has 156 valence electrons. The lowest BCUT2D eigenvalue weighted by molar-refractivity contribution is -0.127. The van der Waals surface area contributed by atoms with Gasteiger partial charge < -0.3 is 4.74 Å². The Labute approximate surface area is 173 Å². The molecule has 1 N–H and O–H groups in total. The van der Waals surface area contributed by atoms with Crippen LogP contribution in [0.3, 0.4) is 0 Å². The summed E-state index contributed by atoms with van der Waals surface area (Å²) in [5.74, 6) is -0.368. The number of ether oxygens (including phenoxy) is 1. The summed E-state index contributed by atoms with van der Waals surface area (Å²) in [7, 11) is -2.14. The van der Waals surface area contributed by atoms with Crippen LogP contribution in [0.1, 0.15) is 49.3 Å². The first-order valence-corrected chi connectivity index (χ1v) is 11.6. The van der Waals surface area contributed by atoms with Gasteiger partial charge >= 0.3 is 0 Å². The van der Waals surface area contributed by atoms with Crippen molar-refractivity contribution >= 4 is 15.8 Å². The van der Waals surface area contributed by atoms with Crippen LogP contribution >= 0.6 is 0 Å². The van der Waals surface area contributed by atoms with Crippen molar-refractivity contribution in [1.82, 2.24) is 4.72 Å². The molecule has 3 rings (SSSR count). The lowest BCUT2D eigenvalue weighted by Crippen LogP contribution is -2.38. The lowest BCUT2D eigenvalue weighted by Gasteiger charge is -2.30. The molecule has 1 fully saturated rings. The van der Waals surface area contributed by atoms with E-state index < -0.39 is 22.0 Å². The zero-order valence-corrected chi connectivity index (χ0v) is 17.8. The molecule has 1 aliphatic carbocycles. The van der Waals surface area contributed by atoms with Crippen LogP contribution in [0.25, 0.3) is 0 Å². The maximum atomic E-state index is 13.1. The summed E-state index contributed by atoms with van der Waals surface area (Å²) in [5, 5.41) is 0. The van der Waals surface area contributed by atoms with Gasteiger partial charge in [-0.15, -0.1) is 0 Å². The minimum absolute atomic E-state index is 0.0528. The van der Waals surface area contributed by atoms with Crippen LogP contribution in [-0.2, 0) is 19.6 Å². The summed E-state index contributed by atoms with van der Waals surface area (Å²) in [5.41, 5.74) is 1.79. The number of benzene rings is 2. The van der Waals surface area contributed by atoms with Crippen molar-refractivity contribution in [3.8, 4) is 0 Å². The molecule has 29 heavy (non-hydrogen) atoms. The van der Waals surface area contributed by atoms with E-state index >= 15 is 0 Å². The third-order valence-corrected chi connectivity index (χ3v) is 7.10. The number of methoxy groups -OCH3 is 1. The van der Waals surface area contributed by atoms with Gasteiger partial charge in [0.2, 0.25) is 10.0 Å². The Kier molecular flexibility index (Phi) is 7.22. The van der Waals surface area contributed by atoms with Gasteiger partial charge in [0.05, 0.1) is 17.0 Å². The molecule has 0 aromatic heterocycles. The van der Waals surface area contributed by atoms with Gasteiger partial charge in [0.1, 0.15) is 5.78 Å². The average molecular weight is 416 g/mol. The van der Waals surface area contributed by atoms with E-state index in [9.17, 15) is 13.2 Å². The van der Waals surface area contributed by atoms with Crippen molar-refractivity contribution in [3.63, 3.8) is 0 Å². The predicted molar refractivity (Wildman–Crippen MR) is 113 cm³/mol. The SMILES string of the molecule is COC1CCCCC(C(NS(=O)(=O)c2ccc(C)cc2)c2ccccc2)C(=O)C1. The number of rotatable bonds is 6. The maximum absolute atomic E-state index is 13.1. The number of hydrogen-bond donors (Lipinski definition) is 1. The van der Waals surface area contributed by atoms with Crippen LogP contribution in [0.5, 0.6) is 0 Å². The highest BCUT2D eigenvalue weighted by Gasteiger charge is 2.34. The topological polar surface area (TPSA) is 72.5 Å². The zero-order valence-electron chi connectivity index (χ0n) is 17.0. The van der Waals surface area contributed by atoms with E-state index in [0.717, 1.165) is 30.4 Å². The zero-order chi connectivity index (χ0) is 20.9. The molecule has 2 aromatic carbocycles. The molecule has 3 unspecified atom stereocenters. The molecule has 1 saturated carbocycles. The number of nitrogens with one attached hydrogen (secondary N) is 1. The minimum atomic E-state index is -3.77. The Balaban J connectivity index is 1.94. The van der Waals surface area contributed by atoms with Crippen LogP contribution in [-0.4, -0.2) is 27.4 Å². The summed E-state index contributed by atoms with van der Waals surface area (Å²) in [6, 6.07) is 15.5. The van der Waals surface area contributed by atoms with E-state index in [2.05, 4.69) is 4.72 Å². The second-order valence-corrected chi connectivity index (χ2v) is 9.46. The Bertz CT molecular complexity index is 910. The van der Waals surface area contributed by atoms with Gasteiger partial charge in [0, 0.05) is 19.4 Å². The summed E-state index contributed by atoms with van der Waals surface area (Å²) in [6.07, 6.45) is 3.57. The van der Waals surface area contributed by atoms with Crippen LogP contribution in [0.2, 0.25) is 0 Å². The van der Waals surface area contributed by atoms with Crippen LogP contribution < -0.4 is 4.72 Å². The number of sulfonamides is 1. The minimum Gasteiger partial charge on any atom is -0.381 e. The molecular formula is C23H29NO4S. The first-order chi connectivity index (χ1) is 13.9. The predicted octanol–water partition coefficient (Wildman–Crippen LogP) is 4.18. The van der Waals surface area contributed by atoms with Gasteiger partial charge in [0.25, 0.3) is 0 Å². The monoisotopic (exact) mass is 415 g/mol. The largest absolute Gasteiger partial charge is 0.381 e. The molecule has 1 aliphatic rings. The van der Waals surface area contributed by atoms with E-state index in [1.54, 1.807) is 31.4 Å². The quantitative estimate of drug-likeness (QED) is 0.768. The Hall–Kier alpha value is -2.02. The molecule has 6 heteroatoms. The normalized spacial score (nSPS) is 21.9. The standard InChI is InChI=1S/C23H29NO4S/c1-17-12-14-20(15-13-17)29(26,27)24-23(18-8-4-3-5-9-18)21-11-7-6-10-19(28-2)16-22(21)25/h3-5,8-9,12-15,19,21,23-24H,6-7,10-11,16H2,1-2H3. The first kappa shape index (κ1) is 21.7. The van der Waals surface area contributed by atoms with Crippen LogP contribution in [0.4, 0.5) is 0 Å². The molecule has 3 atom stereocenters. The fourth-order valence-corrected chi connectivity index (χ4v) is 5.19. The van der Waals surface area contributed by atoms with Crippen LogP contribution in [0.15, 0.2) is 59.5 Å². The van der Waals surface area contributed by atoms with Crippen molar-refractivity contribution in [2.24, 2.45) is 5.92 Å².